The fourth-order valence-electron chi connectivity index (χ4n) is 4.05. The summed E-state index contributed by atoms with van der Waals surface area (Å²) in [5.41, 5.74) is 5.03. The van der Waals surface area contributed by atoms with Gasteiger partial charge in [0.1, 0.15) is 0 Å². The van der Waals surface area contributed by atoms with Gasteiger partial charge in [-0.1, -0.05) is 42.5 Å². The summed E-state index contributed by atoms with van der Waals surface area (Å²) in [6, 6.07) is 14.0. The smallest absolute Gasteiger partial charge is 0.214 e. The number of amides is 1. The molecule has 1 heterocycles. The molecule has 2 aromatic rings. The molecule has 0 radical (unpaired) electrons. The van der Waals surface area contributed by atoms with Gasteiger partial charge in [-0.05, 0) is 30.0 Å². The Labute approximate surface area is 129 Å². The van der Waals surface area contributed by atoms with Crippen molar-refractivity contribution in [3.8, 4) is 0 Å². The quantitative estimate of drug-likeness (QED) is 0.790. The molecule has 0 bridgehead atoms. The number of benzene rings is 2. The van der Waals surface area contributed by atoms with Crippen molar-refractivity contribution in [2.45, 2.75) is 31.7 Å². The molecule has 0 fully saturated rings. The molecular formula is C19H17NO2. The first-order chi connectivity index (χ1) is 10.7. The molecular weight excluding hydrogens is 274 g/mol. The highest BCUT2D eigenvalue weighted by atomic mass is 16.1. The first-order valence-electron chi connectivity index (χ1n) is 7.67. The lowest BCUT2D eigenvalue weighted by atomic mass is 9.78. The fraction of sp³-hybridized carbons (Fsp3) is 0.263. The highest BCUT2D eigenvalue weighted by Gasteiger charge is 2.44. The van der Waals surface area contributed by atoms with Crippen LogP contribution in [0.25, 0.3) is 0 Å². The second-order valence-corrected chi connectivity index (χ2v) is 6.13. The van der Waals surface area contributed by atoms with Gasteiger partial charge in [-0.2, -0.15) is 0 Å². The Balaban J connectivity index is 1.97. The van der Waals surface area contributed by atoms with E-state index in [0.29, 0.717) is 6.42 Å². The second-order valence-electron chi connectivity index (χ2n) is 6.13. The molecule has 0 N–H and O–H groups in total. The molecule has 110 valence electrons. The Bertz CT molecular complexity index is 767. The number of ketones is 1. The van der Waals surface area contributed by atoms with Crippen LogP contribution in [0.4, 0.5) is 5.69 Å². The van der Waals surface area contributed by atoms with Crippen LogP contribution in [0, 0.1) is 6.92 Å². The fourth-order valence-corrected chi connectivity index (χ4v) is 4.05. The van der Waals surface area contributed by atoms with Gasteiger partial charge in [0.15, 0.2) is 5.78 Å². The predicted molar refractivity (Wildman–Crippen MR) is 85.2 cm³/mol. The molecule has 3 heteroatoms. The van der Waals surface area contributed by atoms with Crippen molar-refractivity contribution in [2.75, 3.05) is 4.90 Å². The maximum atomic E-state index is 12.3. The molecule has 0 spiro atoms. The summed E-state index contributed by atoms with van der Waals surface area (Å²) >= 11 is 0. The molecule has 4 rings (SSSR count). The van der Waals surface area contributed by atoms with Gasteiger partial charge < -0.3 is 4.90 Å². The van der Waals surface area contributed by atoms with Crippen molar-refractivity contribution in [1.29, 1.82) is 0 Å². The van der Waals surface area contributed by atoms with Crippen LogP contribution in [-0.2, 0) is 4.79 Å². The van der Waals surface area contributed by atoms with Gasteiger partial charge in [0.25, 0.3) is 0 Å². The molecule has 1 amide bonds. The van der Waals surface area contributed by atoms with E-state index in [2.05, 4.69) is 12.1 Å². The van der Waals surface area contributed by atoms with Crippen molar-refractivity contribution in [3.63, 3.8) is 0 Å². The van der Waals surface area contributed by atoms with Crippen LogP contribution in [0.3, 0.4) is 0 Å². The summed E-state index contributed by atoms with van der Waals surface area (Å²) in [6.07, 6.45) is 2.30. The van der Waals surface area contributed by atoms with Gasteiger partial charge in [0.05, 0.1) is 11.7 Å². The van der Waals surface area contributed by atoms with Gasteiger partial charge in [-0.3, -0.25) is 9.59 Å². The zero-order chi connectivity index (χ0) is 15.3. The van der Waals surface area contributed by atoms with Gasteiger partial charge in [0.2, 0.25) is 6.41 Å². The van der Waals surface area contributed by atoms with Crippen LogP contribution in [0.1, 0.15) is 51.8 Å². The normalized spacial score (nSPS) is 22.6. The summed E-state index contributed by atoms with van der Waals surface area (Å²) in [6.45, 7) is 2.01. The minimum atomic E-state index is 0.00153. The molecule has 0 saturated heterocycles. The van der Waals surface area contributed by atoms with E-state index in [9.17, 15) is 9.59 Å². The Morgan fingerprint density at radius 3 is 2.64 bits per heavy atom. The molecule has 0 saturated carbocycles. The van der Waals surface area contributed by atoms with E-state index in [0.717, 1.165) is 40.8 Å². The molecule has 0 aromatic heterocycles. The van der Waals surface area contributed by atoms with Crippen LogP contribution in [0.5, 0.6) is 0 Å². The Morgan fingerprint density at radius 1 is 1.14 bits per heavy atom. The number of rotatable bonds is 2. The number of nitrogens with zero attached hydrogens (tertiary/aromatic N) is 1. The summed E-state index contributed by atoms with van der Waals surface area (Å²) in [5, 5.41) is 0. The highest BCUT2D eigenvalue weighted by molar-refractivity contribution is 6.03. The van der Waals surface area contributed by atoms with Crippen LogP contribution < -0.4 is 4.90 Å². The third kappa shape index (κ3) is 1.68. The lowest BCUT2D eigenvalue weighted by Crippen LogP contribution is -2.26. The van der Waals surface area contributed by atoms with E-state index in [1.54, 1.807) is 0 Å². The number of carbonyl (C=O) groups excluding carboxylic acids is 2. The lowest BCUT2D eigenvalue weighted by Gasteiger charge is -2.27. The van der Waals surface area contributed by atoms with E-state index in [-0.39, 0.29) is 17.7 Å². The number of anilines is 1. The van der Waals surface area contributed by atoms with Crippen molar-refractivity contribution in [2.24, 2.45) is 0 Å². The monoisotopic (exact) mass is 291 g/mol. The van der Waals surface area contributed by atoms with Gasteiger partial charge in [0, 0.05) is 17.9 Å². The molecule has 2 unspecified atom stereocenters. The topological polar surface area (TPSA) is 37.4 Å². The number of hydrogen-bond donors (Lipinski definition) is 0. The molecule has 2 aliphatic rings. The summed E-state index contributed by atoms with van der Waals surface area (Å²) < 4.78 is 0. The zero-order valence-corrected chi connectivity index (χ0v) is 12.5. The van der Waals surface area contributed by atoms with Crippen LogP contribution in [0.2, 0.25) is 0 Å². The Kier molecular flexibility index (Phi) is 2.89. The van der Waals surface area contributed by atoms with E-state index in [4.69, 9.17) is 0 Å². The number of hydrogen-bond acceptors (Lipinski definition) is 2. The molecule has 2 aromatic carbocycles. The van der Waals surface area contributed by atoms with Crippen LogP contribution in [0.15, 0.2) is 42.5 Å². The van der Waals surface area contributed by atoms with Crippen molar-refractivity contribution in [3.05, 3.63) is 64.7 Å². The average Bonchev–Trinajstić information content (AvgIpc) is 2.89. The molecule has 1 aliphatic heterocycles. The predicted octanol–water partition coefficient (Wildman–Crippen LogP) is 3.77. The molecule has 22 heavy (non-hydrogen) atoms. The van der Waals surface area contributed by atoms with Crippen molar-refractivity contribution >= 4 is 17.9 Å². The maximum Gasteiger partial charge on any atom is 0.214 e. The minimum absolute atomic E-state index is 0.00153. The van der Waals surface area contributed by atoms with E-state index in [1.165, 1.54) is 0 Å². The zero-order valence-electron chi connectivity index (χ0n) is 12.5. The first-order valence-corrected chi connectivity index (χ1v) is 7.67. The Hall–Kier alpha value is -2.42. The summed E-state index contributed by atoms with van der Waals surface area (Å²) in [5.74, 6) is 0.419. The van der Waals surface area contributed by atoms with E-state index < -0.39 is 0 Å². The van der Waals surface area contributed by atoms with Crippen LogP contribution >= 0.6 is 0 Å². The third-order valence-electron chi connectivity index (χ3n) is 4.97. The summed E-state index contributed by atoms with van der Waals surface area (Å²) in [4.78, 5) is 25.9. The lowest BCUT2D eigenvalue weighted by molar-refractivity contribution is -0.107. The molecule has 2 atom stereocenters. The second kappa shape index (κ2) is 4.80. The van der Waals surface area contributed by atoms with E-state index in [1.807, 2.05) is 42.2 Å². The SMILES string of the molecule is Cc1ccc2c3c1N(C=O)C(c1ccccc1)C3CCC2=O. The van der Waals surface area contributed by atoms with Crippen molar-refractivity contribution < 1.29 is 9.59 Å². The number of carbonyl (C=O) groups is 2. The Morgan fingerprint density at radius 2 is 1.91 bits per heavy atom. The first kappa shape index (κ1) is 13.3. The van der Waals surface area contributed by atoms with Gasteiger partial charge >= 0.3 is 0 Å². The number of aryl methyl sites for hydroxylation is 1. The highest BCUT2D eigenvalue weighted by Crippen LogP contribution is 2.54. The van der Waals surface area contributed by atoms with Gasteiger partial charge in [-0.15, -0.1) is 0 Å². The molecule has 1 aliphatic carbocycles. The van der Waals surface area contributed by atoms with Crippen molar-refractivity contribution in [1.82, 2.24) is 0 Å². The third-order valence-corrected chi connectivity index (χ3v) is 4.97. The van der Waals surface area contributed by atoms with E-state index >= 15 is 0 Å². The average molecular weight is 291 g/mol. The number of Topliss-reactive ketones (excluding diaryl/α,β-unsaturated/α-hetero) is 1. The molecule has 3 nitrogen and oxygen atoms in total. The summed E-state index contributed by atoms with van der Waals surface area (Å²) in [7, 11) is 0. The largest absolute Gasteiger partial charge is 0.306 e. The standard InChI is InChI=1S/C19H17NO2/c1-12-7-8-14-16(22)10-9-15-17(14)18(12)20(11-21)19(15)13-5-3-2-4-6-13/h2-8,11,15,19H,9-10H2,1H3. The maximum absolute atomic E-state index is 12.3. The van der Waals surface area contributed by atoms with Gasteiger partial charge in [-0.25, -0.2) is 0 Å². The van der Waals surface area contributed by atoms with Crippen LogP contribution in [-0.4, -0.2) is 12.2 Å². The minimum Gasteiger partial charge on any atom is -0.306 e.